The highest BCUT2D eigenvalue weighted by molar-refractivity contribution is 5.54. The predicted molar refractivity (Wildman–Crippen MR) is 93.4 cm³/mol. The van der Waals surface area contributed by atoms with Gasteiger partial charge in [0.1, 0.15) is 5.60 Å². The molecule has 0 bridgehead atoms. The maximum atomic E-state index is 11.1. The van der Waals surface area contributed by atoms with Crippen LogP contribution in [0.25, 0.3) is 11.5 Å². The Morgan fingerprint density at radius 1 is 1.12 bits per heavy atom. The van der Waals surface area contributed by atoms with Crippen molar-refractivity contribution in [2.75, 3.05) is 50.8 Å². The van der Waals surface area contributed by atoms with Gasteiger partial charge < -0.3 is 24.2 Å². The lowest BCUT2D eigenvalue weighted by atomic mass is 10.0. The highest BCUT2D eigenvalue weighted by Gasteiger charge is 2.36. The number of aromatic nitrogens is 2. The van der Waals surface area contributed by atoms with E-state index in [4.69, 9.17) is 9.26 Å². The molecular formula is C18H24N4O3. The topological polar surface area (TPSA) is 74.9 Å². The van der Waals surface area contributed by atoms with E-state index >= 15 is 0 Å². The number of ether oxygens (including phenoxy) is 1. The smallest absolute Gasteiger partial charge is 0.266 e. The van der Waals surface area contributed by atoms with Gasteiger partial charge in [0.2, 0.25) is 0 Å². The Bertz CT molecular complexity index is 687. The summed E-state index contributed by atoms with van der Waals surface area (Å²) < 4.78 is 11.1. The van der Waals surface area contributed by atoms with E-state index in [1.807, 2.05) is 35.2 Å². The van der Waals surface area contributed by atoms with Gasteiger partial charge in [0, 0.05) is 18.7 Å². The van der Waals surface area contributed by atoms with Crippen molar-refractivity contribution >= 4 is 5.95 Å². The van der Waals surface area contributed by atoms with Crippen molar-refractivity contribution in [3.8, 4) is 11.5 Å². The number of rotatable bonds is 4. The molecule has 7 nitrogen and oxygen atoms in total. The van der Waals surface area contributed by atoms with Crippen LogP contribution in [-0.4, -0.2) is 71.7 Å². The molecule has 25 heavy (non-hydrogen) atoms. The van der Waals surface area contributed by atoms with Crippen molar-refractivity contribution in [2.24, 2.45) is 0 Å². The molecule has 0 radical (unpaired) electrons. The minimum Gasteiger partial charge on any atom is -0.384 e. The van der Waals surface area contributed by atoms with Gasteiger partial charge in [-0.2, -0.15) is 4.98 Å². The molecule has 0 aliphatic carbocycles. The molecule has 0 spiro atoms. The van der Waals surface area contributed by atoms with Crippen molar-refractivity contribution in [1.29, 1.82) is 0 Å². The van der Waals surface area contributed by atoms with Crippen LogP contribution < -0.4 is 4.90 Å². The van der Waals surface area contributed by atoms with E-state index in [2.05, 4.69) is 15.0 Å². The number of hydrogen-bond donors (Lipinski definition) is 1. The van der Waals surface area contributed by atoms with Gasteiger partial charge in [-0.1, -0.05) is 18.2 Å². The molecule has 1 aromatic carbocycles. The SMILES string of the molecule is O[C@@]1(CN2CCCC2)COCCN(c2noc(-c3ccccc3)n2)C1. The largest absolute Gasteiger partial charge is 0.384 e. The molecule has 2 aromatic rings. The van der Waals surface area contributed by atoms with Crippen molar-refractivity contribution in [3.63, 3.8) is 0 Å². The van der Waals surface area contributed by atoms with Crippen LogP contribution in [0.3, 0.4) is 0 Å². The zero-order valence-electron chi connectivity index (χ0n) is 14.3. The van der Waals surface area contributed by atoms with Crippen LogP contribution in [0.2, 0.25) is 0 Å². The summed E-state index contributed by atoms with van der Waals surface area (Å²) in [7, 11) is 0. The van der Waals surface area contributed by atoms with Gasteiger partial charge in [-0.15, -0.1) is 0 Å². The molecule has 4 rings (SSSR count). The summed E-state index contributed by atoms with van der Waals surface area (Å²) in [4.78, 5) is 8.77. The summed E-state index contributed by atoms with van der Waals surface area (Å²) in [6, 6.07) is 9.70. The lowest BCUT2D eigenvalue weighted by molar-refractivity contribution is -0.0439. The first-order valence-electron chi connectivity index (χ1n) is 8.88. The number of hydrogen-bond acceptors (Lipinski definition) is 7. The zero-order chi connectivity index (χ0) is 17.1. The lowest BCUT2D eigenvalue weighted by Crippen LogP contribution is -2.52. The number of likely N-dealkylation sites (tertiary alicyclic amines) is 1. The summed E-state index contributed by atoms with van der Waals surface area (Å²) in [5.41, 5.74) is -0.0337. The van der Waals surface area contributed by atoms with E-state index in [0.717, 1.165) is 18.7 Å². The van der Waals surface area contributed by atoms with Crippen LogP contribution >= 0.6 is 0 Å². The average molecular weight is 344 g/mol. The standard InChI is InChI=1S/C18H24N4O3/c23-18(12-21-8-4-5-9-21)13-22(10-11-24-14-18)17-19-16(25-20-17)15-6-2-1-3-7-15/h1-3,6-7,23H,4-5,8-14H2/t18-/m1/s1. The number of nitrogens with zero attached hydrogens (tertiary/aromatic N) is 4. The first kappa shape index (κ1) is 16.5. The van der Waals surface area contributed by atoms with Crippen LogP contribution in [0.4, 0.5) is 5.95 Å². The highest BCUT2D eigenvalue weighted by Crippen LogP contribution is 2.23. The van der Waals surface area contributed by atoms with Gasteiger partial charge in [-0.25, -0.2) is 0 Å². The molecule has 3 heterocycles. The minimum atomic E-state index is -0.922. The number of β-amino-alcohol motifs (C(OH)–C–C–N with tert-alkyl or cyclic N) is 1. The summed E-state index contributed by atoms with van der Waals surface area (Å²) in [6.45, 7) is 4.66. The fourth-order valence-electron chi connectivity index (χ4n) is 3.58. The maximum Gasteiger partial charge on any atom is 0.266 e. The third-order valence-electron chi connectivity index (χ3n) is 4.80. The zero-order valence-corrected chi connectivity index (χ0v) is 14.3. The van der Waals surface area contributed by atoms with Crippen LogP contribution in [0.1, 0.15) is 12.8 Å². The van der Waals surface area contributed by atoms with E-state index in [0.29, 0.717) is 44.7 Å². The van der Waals surface area contributed by atoms with Gasteiger partial charge in [0.15, 0.2) is 0 Å². The van der Waals surface area contributed by atoms with Crippen LogP contribution in [0.15, 0.2) is 34.9 Å². The first-order chi connectivity index (χ1) is 12.2. The molecule has 1 N–H and O–H groups in total. The quantitative estimate of drug-likeness (QED) is 0.898. The van der Waals surface area contributed by atoms with E-state index in [-0.39, 0.29) is 0 Å². The molecule has 1 aromatic heterocycles. The highest BCUT2D eigenvalue weighted by atomic mass is 16.5. The fraction of sp³-hybridized carbons (Fsp3) is 0.556. The van der Waals surface area contributed by atoms with Crippen LogP contribution in [0, 0.1) is 0 Å². The van der Waals surface area contributed by atoms with Gasteiger partial charge in [0.05, 0.1) is 19.8 Å². The maximum absolute atomic E-state index is 11.1. The Labute approximate surface area is 147 Å². The third kappa shape index (κ3) is 3.84. The lowest BCUT2D eigenvalue weighted by Gasteiger charge is -2.33. The number of aliphatic hydroxyl groups is 1. The van der Waals surface area contributed by atoms with Gasteiger partial charge in [-0.3, -0.25) is 0 Å². The van der Waals surface area contributed by atoms with E-state index in [1.165, 1.54) is 12.8 Å². The Morgan fingerprint density at radius 2 is 1.92 bits per heavy atom. The number of anilines is 1. The molecule has 2 saturated heterocycles. The van der Waals surface area contributed by atoms with Crippen molar-refractivity contribution < 1.29 is 14.4 Å². The molecule has 1 atom stereocenters. The minimum absolute atomic E-state index is 0.337. The molecular weight excluding hydrogens is 320 g/mol. The molecule has 0 amide bonds. The Balaban J connectivity index is 1.50. The van der Waals surface area contributed by atoms with E-state index < -0.39 is 5.60 Å². The second-order valence-electron chi connectivity index (χ2n) is 6.95. The van der Waals surface area contributed by atoms with Gasteiger partial charge in [-0.05, 0) is 43.2 Å². The molecule has 2 aliphatic heterocycles. The first-order valence-corrected chi connectivity index (χ1v) is 8.88. The molecule has 0 unspecified atom stereocenters. The van der Waals surface area contributed by atoms with Gasteiger partial charge in [0.25, 0.3) is 11.8 Å². The van der Waals surface area contributed by atoms with E-state index in [9.17, 15) is 5.11 Å². The van der Waals surface area contributed by atoms with Crippen molar-refractivity contribution in [3.05, 3.63) is 30.3 Å². The summed E-state index contributed by atoms with van der Waals surface area (Å²) >= 11 is 0. The Kier molecular flexibility index (Phi) is 4.70. The van der Waals surface area contributed by atoms with Crippen LogP contribution in [-0.2, 0) is 4.74 Å². The summed E-state index contributed by atoms with van der Waals surface area (Å²) in [5.74, 6) is 0.994. The molecule has 134 valence electrons. The monoisotopic (exact) mass is 344 g/mol. The fourth-order valence-corrected chi connectivity index (χ4v) is 3.58. The predicted octanol–water partition coefficient (Wildman–Crippen LogP) is 1.40. The molecule has 7 heteroatoms. The van der Waals surface area contributed by atoms with Crippen LogP contribution in [0.5, 0.6) is 0 Å². The Hall–Kier alpha value is -1.96. The molecule has 2 aliphatic rings. The average Bonchev–Trinajstić information content (AvgIpc) is 3.27. The second kappa shape index (κ2) is 7.11. The summed E-state index contributed by atoms with van der Waals surface area (Å²) in [6.07, 6.45) is 2.40. The van der Waals surface area contributed by atoms with Crippen molar-refractivity contribution in [2.45, 2.75) is 18.4 Å². The number of benzene rings is 1. The Morgan fingerprint density at radius 3 is 2.72 bits per heavy atom. The van der Waals surface area contributed by atoms with Crippen molar-refractivity contribution in [1.82, 2.24) is 15.0 Å². The summed E-state index contributed by atoms with van der Waals surface area (Å²) in [5, 5.41) is 15.2. The third-order valence-corrected chi connectivity index (χ3v) is 4.80. The normalized spacial score (nSPS) is 25.2. The second-order valence-corrected chi connectivity index (χ2v) is 6.95. The van der Waals surface area contributed by atoms with E-state index in [1.54, 1.807) is 0 Å². The van der Waals surface area contributed by atoms with Gasteiger partial charge >= 0.3 is 0 Å². The molecule has 2 fully saturated rings. The molecule has 0 saturated carbocycles.